The van der Waals surface area contributed by atoms with E-state index in [0.29, 0.717) is 12.5 Å². The fourth-order valence-electron chi connectivity index (χ4n) is 3.95. The second-order valence-electron chi connectivity index (χ2n) is 7.29. The molecular formula is C23H32N2O2. The minimum atomic E-state index is 0.572. The average molecular weight is 369 g/mol. The Balaban J connectivity index is 1.62. The van der Waals surface area contributed by atoms with E-state index in [1.54, 1.807) is 7.11 Å². The molecule has 2 aromatic carbocycles. The zero-order valence-electron chi connectivity index (χ0n) is 16.8. The largest absolute Gasteiger partial charge is 0.493 e. The van der Waals surface area contributed by atoms with E-state index in [1.165, 1.54) is 16.7 Å². The highest BCUT2D eigenvalue weighted by molar-refractivity contribution is 5.50. The number of nitrogens with zero attached hydrogens (tertiary/aromatic N) is 1. The van der Waals surface area contributed by atoms with Crippen molar-refractivity contribution in [2.75, 3.05) is 32.5 Å². The minimum absolute atomic E-state index is 0.572. The van der Waals surface area contributed by atoms with Crippen molar-refractivity contribution in [3.63, 3.8) is 0 Å². The number of rotatable bonds is 7. The van der Waals surface area contributed by atoms with E-state index in [2.05, 4.69) is 42.2 Å². The van der Waals surface area contributed by atoms with Gasteiger partial charge in [-0.1, -0.05) is 25.1 Å². The molecule has 0 bridgehead atoms. The summed E-state index contributed by atoms with van der Waals surface area (Å²) in [5.74, 6) is 2.20. The van der Waals surface area contributed by atoms with Gasteiger partial charge >= 0.3 is 0 Å². The summed E-state index contributed by atoms with van der Waals surface area (Å²) < 4.78 is 11.1. The molecule has 3 rings (SSSR count). The minimum Gasteiger partial charge on any atom is -0.493 e. The molecule has 1 fully saturated rings. The van der Waals surface area contributed by atoms with Crippen LogP contribution in [0.2, 0.25) is 0 Å². The number of piperidine rings is 1. The lowest BCUT2D eigenvalue weighted by atomic mass is 9.87. The maximum absolute atomic E-state index is 6.27. The smallest absolute Gasteiger partial charge is 0.161 e. The zero-order chi connectivity index (χ0) is 19.2. The predicted octanol–water partition coefficient (Wildman–Crippen LogP) is 4.62. The van der Waals surface area contributed by atoms with E-state index >= 15 is 0 Å². The van der Waals surface area contributed by atoms with Gasteiger partial charge in [-0.2, -0.15) is 0 Å². The fraction of sp³-hybridized carbons (Fsp3) is 0.478. The number of nitrogen functional groups attached to an aromatic ring is 1. The molecule has 27 heavy (non-hydrogen) atoms. The Morgan fingerprint density at radius 2 is 1.74 bits per heavy atom. The monoisotopic (exact) mass is 368 g/mol. The third-order valence-electron chi connectivity index (χ3n) is 5.52. The highest BCUT2D eigenvalue weighted by Gasteiger charge is 2.22. The van der Waals surface area contributed by atoms with Gasteiger partial charge in [0.25, 0.3) is 0 Å². The Hall–Kier alpha value is -2.20. The summed E-state index contributed by atoms with van der Waals surface area (Å²) in [6.45, 7) is 7.97. The number of likely N-dealkylation sites (tertiary alicyclic amines) is 1. The molecule has 0 amide bonds. The summed E-state index contributed by atoms with van der Waals surface area (Å²) in [6.07, 6.45) is 3.38. The van der Waals surface area contributed by atoms with Crippen LogP contribution in [0.15, 0.2) is 36.4 Å². The number of aryl methyl sites for hydroxylation is 1. The third kappa shape index (κ3) is 4.75. The lowest BCUT2D eigenvalue weighted by Gasteiger charge is -2.33. The molecule has 2 N–H and O–H groups in total. The van der Waals surface area contributed by atoms with Crippen LogP contribution in [0.3, 0.4) is 0 Å². The van der Waals surface area contributed by atoms with E-state index in [0.717, 1.165) is 56.1 Å². The molecule has 0 aromatic heterocycles. The fourth-order valence-corrected chi connectivity index (χ4v) is 3.95. The van der Waals surface area contributed by atoms with Gasteiger partial charge in [-0.05, 0) is 80.1 Å². The lowest BCUT2D eigenvalue weighted by Crippen LogP contribution is -2.32. The first-order chi connectivity index (χ1) is 13.1. The van der Waals surface area contributed by atoms with Crippen LogP contribution in [-0.2, 0) is 13.0 Å². The van der Waals surface area contributed by atoms with Crippen LogP contribution in [0, 0.1) is 0 Å². The van der Waals surface area contributed by atoms with Gasteiger partial charge in [0.15, 0.2) is 11.5 Å². The quantitative estimate of drug-likeness (QED) is 0.725. The molecule has 0 aliphatic carbocycles. The number of nitrogens with two attached hydrogens (primary N) is 1. The van der Waals surface area contributed by atoms with Gasteiger partial charge in [-0.3, -0.25) is 4.90 Å². The van der Waals surface area contributed by atoms with Gasteiger partial charge in [-0.15, -0.1) is 0 Å². The number of hydrogen-bond donors (Lipinski definition) is 1. The molecule has 1 heterocycles. The molecule has 0 radical (unpaired) electrons. The molecule has 0 unspecified atom stereocenters. The van der Waals surface area contributed by atoms with Crippen molar-refractivity contribution in [2.45, 2.75) is 45.6 Å². The predicted molar refractivity (Wildman–Crippen MR) is 112 cm³/mol. The SMILES string of the molecule is CCOc1cc(CN2CCC(c3cc(CC)ccc3N)CC2)ccc1OC. The maximum Gasteiger partial charge on any atom is 0.161 e. The van der Waals surface area contributed by atoms with Gasteiger partial charge in [0.05, 0.1) is 13.7 Å². The number of ether oxygens (including phenoxy) is 2. The van der Waals surface area contributed by atoms with Crippen molar-refractivity contribution in [1.82, 2.24) is 4.90 Å². The first kappa shape index (κ1) is 19.6. The molecule has 4 heteroatoms. The third-order valence-corrected chi connectivity index (χ3v) is 5.52. The van der Waals surface area contributed by atoms with Crippen LogP contribution >= 0.6 is 0 Å². The van der Waals surface area contributed by atoms with Crippen molar-refractivity contribution in [3.8, 4) is 11.5 Å². The van der Waals surface area contributed by atoms with E-state index in [4.69, 9.17) is 15.2 Å². The summed E-state index contributed by atoms with van der Waals surface area (Å²) in [5, 5.41) is 0. The Morgan fingerprint density at radius 3 is 2.41 bits per heavy atom. The van der Waals surface area contributed by atoms with Crippen molar-refractivity contribution in [1.29, 1.82) is 0 Å². The van der Waals surface area contributed by atoms with Crippen molar-refractivity contribution in [2.24, 2.45) is 0 Å². The summed E-state index contributed by atoms with van der Waals surface area (Å²) >= 11 is 0. The summed E-state index contributed by atoms with van der Waals surface area (Å²) in [4.78, 5) is 2.52. The van der Waals surface area contributed by atoms with Crippen LogP contribution in [0.1, 0.15) is 49.3 Å². The average Bonchev–Trinajstić information content (AvgIpc) is 2.70. The number of benzene rings is 2. The van der Waals surface area contributed by atoms with E-state index in [1.807, 2.05) is 13.0 Å². The van der Waals surface area contributed by atoms with Gasteiger partial charge in [0.2, 0.25) is 0 Å². The van der Waals surface area contributed by atoms with Crippen molar-refractivity contribution < 1.29 is 9.47 Å². The molecule has 2 aromatic rings. The first-order valence-corrected chi connectivity index (χ1v) is 10.0. The van der Waals surface area contributed by atoms with Crippen LogP contribution in [0.25, 0.3) is 0 Å². The van der Waals surface area contributed by atoms with E-state index in [-0.39, 0.29) is 0 Å². The maximum atomic E-state index is 6.27. The van der Waals surface area contributed by atoms with Gasteiger partial charge in [0.1, 0.15) is 0 Å². The van der Waals surface area contributed by atoms with E-state index < -0.39 is 0 Å². The van der Waals surface area contributed by atoms with Crippen molar-refractivity contribution in [3.05, 3.63) is 53.1 Å². The molecular weight excluding hydrogens is 336 g/mol. The highest BCUT2D eigenvalue weighted by Crippen LogP contribution is 2.34. The summed E-state index contributed by atoms with van der Waals surface area (Å²) in [7, 11) is 1.68. The molecule has 4 nitrogen and oxygen atoms in total. The molecule has 1 aliphatic heterocycles. The Kier molecular flexibility index (Phi) is 6.62. The Morgan fingerprint density at radius 1 is 1.00 bits per heavy atom. The number of methoxy groups -OCH3 is 1. The number of anilines is 1. The standard InChI is InChI=1S/C23H32N2O2/c1-4-17-6-8-21(24)20(14-17)19-10-12-25(13-11-19)16-18-7-9-22(26-3)23(15-18)27-5-2/h6-9,14-15,19H,4-5,10-13,16,24H2,1-3H3. The van der Waals surface area contributed by atoms with Crippen LogP contribution in [-0.4, -0.2) is 31.7 Å². The van der Waals surface area contributed by atoms with Crippen LogP contribution in [0.4, 0.5) is 5.69 Å². The Bertz CT molecular complexity index is 752. The number of hydrogen-bond acceptors (Lipinski definition) is 4. The molecule has 0 spiro atoms. The molecule has 1 aliphatic rings. The first-order valence-electron chi connectivity index (χ1n) is 10.0. The summed E-state index contributed by atoms with van der Waals surface area (Å²) in [5.41, 5.74) is 11.2. The topological polar surface area (TPSA) is 47.7 Å². The molecule has 0 saturated carbocycles. The normalized spacial score (nSPS) is 15.7. The highest BCUT2D eigenvalue weighted by atomic mass is 16.5. The second kappa shape index (κ2) is 9.14. The molecule has 0 atom stereocenters. The van der Waals surface area contributed by atoms with Crippen molar-refractivity contribution >= 4 is 5.69 Å². The molecule has 146 valence electrons. The van der Waals surface area contributed by atoms with Gasteiger partial charge in [-0.25, -0.2) is 0 Å². The Labute approximate surface area is 163 Å². The van der Waals surface area contributed by atoms with E-state index in [9.17, 15) is 0 Å². The summed E-state index contributed by atoms with van der Waals surface area (Å²) in [6, 6.07) is 12.8. The van der Waals surface area contributed by atoms with Crippen LogP contribution in [0.5, 0.6) is 11.5 Å². The van der Waals surface area contributed by atoms with Crippen LogP contribution < -0.4 is 15.2 Å². The molecule has 1 saturated heterocycles. The lowest BCUT2D eigenvalue weighted by molar-refractivity contribution is 0.204. The van der Waals surface area contributed by atoms with Gasteiger partial charge in [0, 0.05) is 12.2 Å². The zero-order valence-corrected chi connectivity index (χ0v) is 16.8. The van der Waals surface area contributed by atoms with Gasteiger partial charge < -0.3 is 15.2 Å². The second-order valence-corrected chi connectivity index (χ2v) is 7.29.